The van der Waals surface area contributed by atoms with Crippen LogP contribution in [-0.2, 0) is 0 Å². The summed E-state index contributed by atoms with van der Waals surface area (Å²) in [6, 6.07) is 61.9. The van der Waals surface area contributed by atoms with Crippen LogP contribution in [0.25, 0.3) is 98.1 Å². The van der Waals surface area contributed by atoms with Gasteiger partial charge in [-0.25, -0.2) is 15.0 Å². The second kappa shape index (κ2) is 12.1. The zero-order chi connectivity index (χ0) is 33.7. The summed E-state index contributed by atoms with van der Waals surface area (Å²) < 4.78 is 2.46. The third-order valence-corrected chi connectivity index (χ3v) is 10.8. The van der Waals surface area contributed by atoms with Gasteiger partial charge in [-0.3, -0.25) is 0 Å². The van der Waals surface area contributed by atoms with Crippen molar-refractivity contribution in [3.63, 3.8) is 0 Å². The minimum Gasteiger partial charge on any atom is -0.246 e. The maximum atomic E-state index is 5.39. The molecule has 51 heavy (non-hydrogen) atoms. The first-order valence-corrected chi connectivity index (χ1v) is 17.9. The molecule has 4 heteroatoms. The SMILES string of the molecule is c1ccc(-c2ccc(-c3cc(-c4cccc(-c5nc6cc7ccccc7cc6c6c5sc5ccccc56)c4)nc(-c4ccccc4)n3)cc2)cc1. The molecule has 0 spiro atoms. The number of benzene rings is 7. The Morgan fingerprint density at radius 2 is 0.961 bits per heavy atom. The number of thiophene rings is 1. The Balaban J connectivity index is 1.15. The molecule has 10 aromatic rings. The first kappa shape index (κ1) is 29.4. The van der Waals surface area contributed by atoms with E-state index in [1.165, 1.54) is 47.5 Å². The van der Waals surface area contributed by atoms with Crippen molar-refractivity contribution in [2.75, 3.05) is 0 Å². The predicted octanol–water partition coefficient (Wildman–Crippen LogP) is 12.9. The average Bonchev–Trinajstić information content (AvgIpc) is 3.60. The van der Waals surface area contributed by atoms with E-state index in [2.05, 4.69) is 152 Å². The van der Waals surface area contributed by atoms with Gasteiger partial charge in [0.25, 0.3) is 0 Å². The Labute approximate surface area is 299 Å². The molecule has 3 heterocycles. The third kappa shape index (κ3) is 5.25. The van der Waals surface area contributed by atoms with Gasteiger partial charge < -0.3 is 0 Å². The summed E-state index contributed by atoms with van der Waals surface area (Å²) in [4.78, 5) is 15.6. The van der Waals surface area contributed by atoms with Crippen LogP contribution in [0.1, 0.15) is 0 Å². The number of rotatable bonds is 5. The highest BCUT2D eigenvalue weighted by Crippen LogP contribution is 2.44. The van der Waals surface area contributed by atoms with Gasteiger partial charge in [0.1, 0.15) is 0 Å². The Morgan fingerprint density at radius 1 is 0.373 bits per heavy atom. The second-order valence-electron chi connectivity index (χ2n) is 12.8. The molecule has 3 nitrogen and oxygen atoms in total. The van der Waals surface area contributed by atoms with E-state index < -0.39 is 0 Å². The van der Waals surface area contributed by atoms with Crippen LogP contribution in [-0.4, -0.2) is 15.0 Å². The molecule has 0 fully saturated rings. The summed E-state index contributed by atoms with van der Waals surface area (Å²) in [5.41, 5.74) is 10.2. The van der Waals surface area contributed by atoms with Crippen molar-refractivity contribution in [2.45, 2.75) is 0 Å². The van der Waals surface area contributed by atoms with Crippen molar-refractivity contribution < 1.29 is 0 Å². The van der Waals surface area contributed by atoms with Crippen molar-refractivity contribution in [3.8, 4) is 56.3 Å². The summed E-state index contributed by atoms with van der Waals surface area (Å²) >= 11 is 1.82. The van der Waals surface area contributed by atoms with Crippen molar-refractivity contribution in [1.82, 2.24) is 15.0 Å². The maximum Gasteiger partial charge on any atom is 0.160 e. The van der Waals surface area contributed by atoms with Gasteiger partial charge in [0.2, 0.25) is 0 Å². The molecular weight excluding hydrogens is 639 g/mol. The van der Waals surface area contributed by atoms with Gasteiger partial charge in [0, 0.05) is 43.1 Å². The molecule has 7 aromatic carbocycles. The van der Waals surface area contributed by atoms with E-state index in [1.54, 1.807) is 0 Å². The van der Waals surface area contributed by atoms with E-state index in [4.69, 9.17) is 15.0 Å². The molecule has 0 saturated carbocycles. The van der Waals surface area contributed by atoms with E-state index >= 15 is 0 Å². The molecule has 0 aliphatic heterocycles. The number of pyridine rings is 1. The molecule has 0 aliphatic rings. The number of aromatic nitrogens is 3. The van der Waals surface area contributed by atoms with Gasteiger partial charge in [-0.2, -0.15) is 0 Å². The second-order valence-corrected chi connectivity index (χ2v) is 13.9. The lowest BCUT2D eigenvalue weighted by molar-refractivity contribution is 1.18. The van der Waals surface area contributed by atoms with Crippen LogP contribution in [0.15, 0.2) is 176 Å². The monoisotopic (exact) mass is 667 g/mol. The summed E-state index contributed by atoms with van der Waals surface area (Å²) in [6.07, 6.45) is 0. The Morgan fingerprint density at radius 3 is 1.75 bits per heavy atom. The highest BCUT2D eigenvalue weighted by molar-refractivity contribution is 7.26. The van der Waals surface area contributed by atoms with Crippen LogP contribution in [0.4, 0.5) is 0 Å². The molecule has 10 rings (SSSR count). The summed E-state index contributed by atoms with van der Waals surface area (Å²) in [5, 5.41) is 6.13. The molecular formula is C47H29N3S. The van der Waals surface area contributed by atoms with Gasteiger partial charge >= 0.3 is 0 Å². The molecule has 0 N–H and O–H groups in total. The van der Waals surface area contributed by atoms with E-state index in [0.29, 0.717) is 5.82 Å². The van der Waals surface area contributed by atoms with Gasteiger partial charge in [-0.1, -0.05) is 146 Å². The minimum absolute atomic E-state index is 0.697. The van der Waals surface area contributed by atoms with E-state index in [-0.39, 0.29) is 0 Å². The van der Waals surface area contributed by atoms with Crippen molar-refractivity contribution in [2.24, 2.45) is 0 Å². The first-order valence-electron chi connectivity index (χ1n) is 17.1. The summed E-state index contributed by atoms with van der Waals surface area (Å²) in [5.74, 6) is 0.697. The fourth-order valence-electron chi connectivity index (χ4n) is 7.12. The van der Waals surface area contributed by atoms with Crippen molar-refractivity contribution in [3.05, 3.63) is 176 Å². The lowest BCUT2D eigenvalue weighted by atomic mass is 9.98. The number of nitrogens with zero attached hydrogens (tertiary/aromatic N) is 3. The smallest absolute Gasteiger partial charge is 0.160 e. The van der Waals surface area contributed by atoms with Gasteiger partial charge in [-0.05, 0) is 52.2 Å². The Bertz CT molecular complexity index is 2900. The van der Waals surface area contributed by atoms with E-state index in [0.717, 1.165) is 44.9 Å². The molecule has 0 aliphatic carbocycles. The number of fused-ring (bicyclic) bond motifs is 6. The van der Waals surface area contributed by atoms with Gasteiger partial charge in [0.15, 0.2) is 5.82 Å². The fourth-order valence-corrected chi connectivity index (χ4v) is 8.35. The Kier molecular flexibility index (Phi) is 7.00. The highest BCUT2D eigenvalue weighted by Gasteiger charge is 2.18. The quantitative estimate of drug-likeness (QED) is 0.171. The number of hydrogen-bond donors (Lipinski definition) is 0. The lowest BCUT2D eigenvalue weighted by Crippen LogP contribution is -1.96. The third-order valence-electron chi connectivity index (χ3n) is 9.65. The predicted molar refractivity (Wildman–Crippen MR) is 215 cm³/mol. The Hall–Kier alpha value is -6.49. The standard InChI is InChI=1S/C47H29N3S/c1-3-12-30(13-4-1)31-22-24-32(25-23-31)40-29-41(50-47(49-40)33-14-5-2-6-15-33)36-18-11-19-37(26-36)45-46-44(38-20-9-10-21-43(38)51-46)39-27-34-16-7-8-17-35(34)28-42(39)48-45/h1-29H. The van der Waals surface area contributed by atoms with E-state index in [9.17, 15) is 0 Å². The maximum absolute atomic E-state index is 5.39. The van der Waals surface area contributed by atoms with Crippen LogP contribution in [0.2, 0.25) is 0 Å². The van der Waals surface area contributed by atoms with Crippen molar-refractivity contribution >= 4 is 53.2 Å². The molecule has 0 bridgehead atoms. The fraction of sp³-hybridized carbons (Fsp3) is 0. The van der Waals surface area contributed by atoms with E-state index in [1.807, 2.05) is 35.6 Å². The van der Waals surface area contributed by atoms with Crippen LogP contribution in [0, 0.1) is 0 Å². The number of hydrogen-bond acceptors (Lipinski definition) is 4. The zero-order valence-corrected chi connectivity index (χ0v) is 28.3. The highest BCUT2D eigenvalue weighted by atomic mass is 32.1. The molecule has 0 radical (unpaired) electrons. The molecule has 0 atom stereocenters. The van der Waals surface area contributed by atoms with Crippen LogP contribution >= 0.6 is 11.3 Å². The minimum atomic E-state index is 0.697. The van der Waals surface area contributed by atoms with Crippen LogP contribution < -0.4 is 0 Å². The largest absolute Gasteiger partial charge is 0.246 e. The first-order chi connectivity index (χ1) is 25.2. The average molecular weight is 668 g/mol. The van der Waals surface area contributed by atoms with Crippen molar-refractivity contribution in [1.29, 1.82) is 0 Å². The lowest BCUT2D eigenvalue weighted by Gasteiger charge is -2.12. The van der Waals surface area contributed by atoms with Gasteiger partial charge in [-0.15, -0.1) is 11.3 Å². The molecule has 0 unspecified atom stereocenters. The zero-order valence-electron chi connectivity index (χ0n) is 27.5. The molecule has 238 valence electrons. The summed E-state index contributed by atoms with van der Waals surface area (Å²) in [7, 11) is 0. The normalized spacial score (nSPS) is 11.5. The summed E-state index contributed by atoms with van der Waals surface area (Å²) in [6.45, 7) is 0. The molecule has 3 aromatic heterocycles. The van der Waals surface area contributed by atoms with Crippen LogP contribution in [0.5, 0.6) is 0 Å². The topological polar surface area (TPSA) is 38.7 Å². The molecule has 0 saturated heterocycles. The van der Waals surface area contributed by atoms with Gasteiger partial charge in [0.05, 0.1) is 27.3 Å². The molecule has 0 amide bonds. The van der Waals surface area contributed by atoms with Crippen LogP contribution in [0.3, 0.4) is 0 Å².